The number of hydrogen-bond acceptors (Lipinski definition) is 4. The molecule has 6 nitrogen and oxygen atoms in total. The maximum atomic E-state index is 12.5. The fraction of sp³-hybridized carbons (Fsp3) is 0.417. The van der Waals surface area contributed by atoms with Gasteiger partial charge >= 0.3 is 5.97 Å². The summed E-state index contributed by atoms with van der Waals surface area (Å²) in [4.78, 5) is 12.8. The average molecular weight is 319 g/mol. The number of rotatable bonds is 3. The van der Waals surface area contributed by atoms with Gasteiger partial charge in [-0.15, -0.1) is 0 Å². The quantitative estimate of drug-likeness (QED) is 0.898. The van der Waals surface area contributed by atoms with E-state index in [-0.39, 0.29) is 15.5 Å². The normalized spacial score (nSPS) is 18.1. The van der Waals surface area contributed by atoms with Crippen LogP contribution in [-0.2, 0) is 10.0 Å². The number of sulfonamides is 1. The molecule has 2 rings (SSSR count). The molecular weight excluding hydrogens is 304 g/mol. The molecule has 1 aliphatic heterocycles. The maximum absolute atomic E-state index is 12.5. The molecule has 1 aromatic rings. The molecule has 1 aromatic carbocycles. The van der Waals surface area contributed by atoms with Crippen molar-refractivity contribution in [3.63, 3.8) is 0 Å². The lowest BCUT2D eigenvalue weighted by molar-refractivity contribution is 0.0696. The lowest BCUT2D eigenvalue weighted by Gasteiger charge is -2.31. The van der Waals surface area contributed by atoms with Crippen LogP contribution in [0.25, 0.3) is 0 Å². The Hall–Kier alpha value is -1.15. The van der Waals surface area contributed by atoms with E-state index in [1.54, 1.807) is 0 Å². The van der Waals surface area contributed by atoms with Gasteiger partial charge in [0.05, 0.1) is 10.6 Å². The summed E-state index contributed by atoms with van der Waals surface area (Å²) < 4.78 is 26.4. The first-order chi connectivity index (χ1) is 9.32. The van der Waals surface area contributed by atoms with Gasteiger partial charge in [0.15, 0.2) is 0 Å². The Balaban J connectivity index is 2.38. The van der Waals surface area contributed by atoms with E-state index < -0.39 is 16.0 Å². The molecule has 0 aromatic heterocycles. The molecule has 1 saturated heterocycles. The Kier molecular flexibility index (Phi) is 4.33. The molecule has 1 N–H and O–H groups in total. The zero-order chi connectivity index (χ0) is 14.9. The van der Waals surface area contributed by atoms with Crippen LogP contribution >= 0.6 is 11.6 Å². The Labute approximate surface area is 122 Å². The van der Waals surface area contributed by atoms with Crippen LogP contribution < -0.4 is 0 Å². The largest absolute Gasteiger partial charge is 0.478 e. The average Bonchev–Trinajstić information content (AvgIpc) is 2.39. The smallest absolute Gasteiger partial charge is 0.335 e. The molecule has 0 aliphatic carbocycles. The second kappa shape index (κ2) is 5.69. The number of carboxylic acids is 1. The van der Waals surface area contributed by atoms with Gasteiger partial charge in [-0.2, -0.15) is 4.31 Å². The van der Waals surface area contributed by atoms with E-state index in [9.17, 15) is 13.2 Å². The van der Waals surface area contributed by atoms with Gasteiger partial charge in [0, 0.05) is 26.2 Å². The number of carbonyl (C=O) groups is 1. The van der Waals surface area contributed by atoms with Crippen LogP contribution in [0.15, 0.2) is 23.1 Å². The van der Waals surface area contributed by atoms with Gasteiger partial charge in [-0.1, -0.05) is 11.6 Å². The lowest BCUT2D eigenvalue weighted by atomic mass is 10.2. The maximum Gasteiger partial charge on any atom is 0.335 e. The molecule has 0 saturated carbocycles. The van der Waals surface area contributed by atoms with Crippen LogP contribution in [0, 0.1) is 0 Å². The number of piperazine rings is 1. The van der Waals surface area contributed by atoms with Crippen molar-refractivity contribution in [2.75, 3.05) is 33.2 Å². The van der Waals surface area contributed by atoms with Crippen molar-refractivity contribution in [2.45, 2.75) is 4.90 Å². The number of aromatic carboxylic acids is 1. The molecule has 0 unspecified atom stereocenters. The van der Waals surface area contributed by atoms with E-state index in [2.05, 4.69) is 0 Å². The van der Waals surface area contributed by atoms with Crippen molar-refractivity contribution in [1.29, 1.82) is 0 Å². The van der Waals surface area contributed by atoms with Gasteiger partial charge in [-0.25, -0.2) is 13.2 Å². The van der Waals surface area contributed by atoms with Crippen molar-refractivity contribution in [3.8, 4) is 0 Å². The highest BCUT2D eigenvalue weighted by Crippen LogP contribution is 2.26. The highest BCUT2D eigenvalue weighted by atomic mass is 35.5. The van der Waals surface area contributed by atoms with E-state index in [1.165, 1.54) is 16.4 Å². The first-order valence-electron chi connectivity index (χ1n) is 6.04. The van der Waals surface area contributed by atoms with Crippen molar-refractivity contribution in [3.05, 3.63) is 28.8 Å². The minimum absolute atomic E-state index is 0.0360. The summed E-state index contributed by atoms with van der Waals surface area (Å²) >= 11 is 5.92. The van der Waals surface area contributed by atoms with Crippen LogP contribution in [0.3, 0.4) is 0 Å². The number of benzene rings is 1. The Morgan fingerprint density at radius 3 is 2.40 bits per heavy atom. The van der Waals surface area contributed by atoms with Gasteiger partial charge < -0.3 is 10.0 Å². The summed E-state index contributed by atoms with van der Waals surface area (Å²) in [5.74, 6) is -1.18. The molecule has 0 atom stereocenters. The summed E-state index contributed by atoms with van der Waals surface area (Å²) in [5, 5.41) is 8.99. The number of nitrogens with zero attached hydrogens (tertiary/aromatic N) is 2. The number of carboxylic acid groups (broad SMARTS) is 1. The Morgan fingerprint density at radius 2 is 1.85 bits per heavy atom. The molecule has 8 heteroatoms. The van der Waals surface area contributed by atoms with Gasteiger partial charge in [-0.3, -0.25) is 0 Å². The third-order valence-corrected chi connectivity index (χ3v) is 5.64. The minimum atomic E-state index is -3.76. The first-order valence-corrected chi connectivity index (χ1v) is 7.85. The fourth-order valence-electron chi connectivity index (χ4n) is 2.00. The molecule has 1 aliphatic rings. The number of hydrogen-bond donors (Lipinski definition) is 1. The van der Waals surface area contributed by atoms with Gasteiger partial charge in [0.2, 0.25) is 10.0 Å². The highest BCUT2D eigenvalue weighted by Gasteiger charge is 2.29. The molecule has 0 spiro atoms. The predicted molar refractivity (Wildman–Crippen MR) is 74.7 cm³/mol. The van der Waals surface area contributed by atoms with Crippen molar-refractivity contribution in [2.24, 2.45) is 0 Å². The van der Waals surface area contributed by atoms with Crippen LogP contribution in [-0.4, -0.2) is 61.9 Å². The van der Waals surface area contributed by atoms with E-state index in [0.29, 0.717) is 26.2 Å². The van der Waals surface area contributed by atoms with Gasteiger partial charge in [0.1, 0.15) is 4.90 Å². The summed E-state index contributed by atoms with van der Waals surface area (Å²) in [6, 6.07) is 3.69. The second-order valence-electron chi connectivity index (χ2n) is 4.66. The molecule has 1 heterocycles. The van der Waals surface area contributed by atoms with Crippen molar-refractivity contribution in [1.82, 2.24) is 9.21 Å². The highest BCUT2D eigenvalue weighted by molar-refractivity contribution is 7.89. The number of halogens is 1. The topological polar surface area (TPSA) is 77.9 Å². The van der Waals surface area contributed by atoms with E-state index in [0.717, 1.165) is 6.07 Å². The van der Waals surface area contributed by atoms with Crippen molar-refractivity contribution < 1.29 is 18.3 Å². The molecule has 20 heavy (non-hydrogen) atoms. The number of likely N-dealkylation sites (N-methyl/N-ethyl adjacent to an activating group) is 1. The third kappa shape index (κ3) is 2.95. The predicted octanol–water partition coefficient (Wildman–Crippen LogP) is 0.974. The van der Waals surface area contributed by atoms with E-state index >= 15 is 0 Å². The van der Waals surface area contributed by atoms with Crippen LogP contribution in [0.4, 0.5) is 0 Å². The van der Waals surface area contributed by atoms with Crippen LogP contribution in [0.2, 0.25) is 5.02 Å². The fourth-order valence-corrected chi connectivity index (χ4v) is 3.92. The monoisotopic (exact) mass is 318 g/mol. The zero-order valence-corrected chi connectivity index (χ0v) is 12.5. The SMILES string of the molecule is CN1CCN(S(=O)(=O)c2cc(C(=O)O)ccc2Cl)CC1. The standard InChI is InChI=1S/C12H15ClN2O4S/c1-14-4-6-15(7-5-14)20(18,19)11-8-9(12(16)17)2-3-10(11)13/h2-3,8H,4-7H2,1H3,(H,16,17). The van der Waals surface area contributed by atoms with Gasteiger partial charge in [-0.05, 0) is 25.2 Å². The summed E-state index contributed by atoms with van der Waals surface area (Å²) in [6.07, 6.45) is 0. The summed E-state index contributed by atoms with van der Waals surface area (Å²) in [6.45, 7) is 2.00. The van der Waals surface area contributed by atoms with Crippen LogP contribution in [0.1, 0.15) is 10.4 Å². The molecule has 0 amide bonds. The molecule has 110 valence electrons. The second-order valence-corrected chi connectivity index (χ2v) is 6.97. The summed E-state index contributed by atoms with van der Waals surface area (Å²) in [7, 11) is -1.84. The van der Waals surface area contributed by atoms with E-state index in [4.69, 9.17) is 16.7 Å². The Bertz CT molecular complexity index is 624. The molecular formula is C12H15ClN2O4S. The van der Waals surface area contributed by atoms with Crippen molar-refractivity contribution >= 4 is 27.6 Å². The minimum Gasteiger partial charge on any atom is -0.478 e. The zero-order valence-electron chi connectivity index (χ0n) is 10.9. The molecule has 1 fully saturated rings. The lowest BCUT2D eigenvalue weighted by Crippen LogP contribution is -2.47. The molecule has 0 bridgehead atoms. The molecule has 0 radical (unpaired) electrons. The first kappa shape index (κ1) is 15.2. The third-order valence-electron chi connectivity index (χ3n) is 3.26. The van der Waals surface area contributed by atoms with E-state index in [1.807, 2.05) is 11.9 Å². The van der Waals surface area contributed by atoms with Gasteiger partial charge in [0.25, 0.3) is 0 Å². The Morgan fingerprint density at radius 1 is 1.25 bits per heavy atom. The van der Waals surface area contributed by atoms with Crippen LogP contribution in [0.5, 0.6) is 0 Å². The summed E-state index contributed by atoms with van der Waals surface area (Å²) in [5.41, 5.74) is -0.0953.